The molecule has 90 valence electrons. The topological polar surface area (TPSA) is 35.2 Å². The molecule has 2 N–H and O–H groups in total. The second-order valence-electron chi connectivity index (χ2n) is 4.48. The van der Waals surface area contributed by atoms with Crippen molar-refractivity contribution in [3.63, 3.8) is 0 Å². The average Bonchev–Trinajstić information content (AvgIpc) is 2.21. The van der Waals surface area contributed by atoms with E-state index in [1.165, 1.54) is 5.56 Å². The maximum Gasteiger partial charge on any atom is 0.122 e. The Morgan fingerprint density at radius 3 is 2.62 bits per heavy atom. The van der Waals surface area contributed by atoms with E-state index in [4.69, 9.17) is 10.5 Å². The molecule has 0 aliphatic heterocycles. The monoisotopic (exact) mass is 221 g/mol. The van der Waals surface area contributed by atoms with Crippen LogP contribution in [-0.2, 0) is 0 Å². The molecular formula is C14H23NO. The first-order chi connectivity index (χ1) is 7.63. The number of benzene rings is 1. The highest BCUT2D eigenvalue weighted by molar-refractivity contribution is 5.31. The van der Waals surface area contributed by atoms with Gasteiger partial charge in [0.15, 0.2) is 0 Å². The zero-order chi connectivity index (χ0) is 12.0. The van der Waals surface area contributed by atoms with Crippen molar-refractivity contribution in [1.82, 2.24) is 0 Å². The van der Waals surface area contributed by atoms with E-state index in [2.05, 4.69) is 26.8 Å². The van der Waals surface area contributed by atoms with Gasteiger partial charge in [-0.25, -0.2) is 0 Å². The Hall–Kier alpha value is -1.02. The van der Waals surface area contributed by atoms with Gasteiger partial charge in [0.05, 0.1) is 6.10 Å². The first-order valence-corrected chi connectivity index (χ1v) is 6.11. The highest BCUT2D eigenvalue weighted by Gasteiger charge is 2.10. The van der Waals surface area contributed by atoms with Crippen LogP contribution >= 0.6 is 0 Å². The van der Waals surface area contributed by atoms with Gasteiger partial charge in [0.25, 0.3) is 0 Å². The SMILES string of the molecule is CCCC(N)CC(C)Oc1ccccc1C. The van der Waals surface area contributed by atoms with Gasteiger partial charge in [0, 0.05) is 6.04 Å². The van der Waals surface area contributed by atoms with Gasteiger partial charge < -0.3 is 10.5 Å². The van der Waals surface area contributed by atoms with E-state index in [0.29, 0.717) is 0 Å². The van der Waals surface area contributed by atoms with Crippen LogP contribution in [0.1, 0.15) is 38.7 Å². The summed E-state index contributed by atoms with van der Waals surface area (Å²) < 4.78 is 5.88. The first kappa shape index (κ1) is 13.0. The average molecular weight is 221 g/mol. The third-order valence-electron chi connectivity index (χ3n) is 2.72. The number of hydrogen-bond donors (Lipinski definition) is 1. The van der Waals surface area contributed by atoms with E-state index in [9.17, 15) is 0 Å². The lowest BCUT2D eigenvalue weighted by Crippen LogP contribution is -2.27. The molecule has 0 amide bonds. The van der Waals surface area contributed by atoms with E-state index < -0.39 is 0 Å². The summed E-state index contributed by atoms with van der Waals surface area (Å²) in [5.74, 6) is 0.971. The predicted molar refractivity (Wildman–Crippen MR) is 68.8 cm³/mol. The Labute approximate surface area is 98.8 Å². The third kappa shape index (κ3) is 4.23. The second-order valence-corrected chi connectivity index (χ2v) is 4.48. The molecule has 2 unspecified atom stereocenters. The number of rotatable bonds is 6. The molecule has 1 aromatic rings. The Kier molecular flexibility index (Phi) is 5.33. The summed E-state index contributed by atoms with van der Waals surface area (Å²) in [4.78, 5) is 0. The second kappa shape index (κ2) is 6.54. The molecular weight excluding hydrogens is 198 g/mol. The minimum absolute atomic E-state index is 0.183. The van der Waals surface area contributed by atoms with Crippen molar-refractivity contribution in [3.8, 4) is 5.75 Å². The van der Waals surface area contributed by atoms with Gasteiger partial charge in [-0.3, -0.25) is 0 Å². The van der Waals surface area contributed by atoms with Crippen molar-refractivity contribution in [2.24, 2.45) is 5.73 Å². The molecule has 0 bridgehead atoms. The van der Waals surface area contributed by atoms with Gasteiger partial charge in [0.1, 0.15) is 5.75 Å². The van der Waals surface area contributed by atoms with Crippen LogP contribution in [0.2, 0.25) is 0 Å². The predicted octanol–water partition coefficient (Wildman–Crippen LogP) is 3.28. The third-order valence-corrected chi connectivity index (χ3v) is 2.72. The number of ether oxygens (including phenoxy) is 1. The molecule has 0 saturated heterocycles. The number of para-hydroxylation sites is 1. The molecule has 0 saturated carbocycles. The van der Waals surface area contributed by atoms with E-state index >= 15 is 0 Å². The molecule has 0 aliphatic rings. The fourth-order valence-electron chi connectivity index (χ4n) is 1.87. The fourth-order valence-corrected chi connectivity index (χ4v) is 1.87. The minimum Gasteiger partial charge on any atom is -0.490 e. The van der Waals surface area contributed by atoms with Crippen LogP contribution in [0.5, 0.6) is 5.75 Å². The molecule has 0 spiro atoms. The lowest BCUT2D eigenvalue weighted by Gasteiger charge is -2.19. The lowest BCUT2D eigenvalue weighted by atomic mass is 10.1. The molecule has 16 heavy (non-hydrogen) atoms. The smallest absolute Gasteiger partial charge is 0.122 e. The van der Waals surface area contributed by atoms with E-state index in [1.54, 1.807) is 0 Å². The largest absolute Gasteiger partial charge is 0.490 e. The van der Waals surface area contributed by atoms with E-state index in [1.807, 2.05) is 18.2 Å². The van der Waals surface area contributed by atoms with Gasteiger partial charge in [-0.2, -0.15) is 0 Å². The normalized spacial score (nSPS) is 14.5. The number of hydrogen-bond acceptors (Lipinski definition) is 2. The maximum absolute atomic E-state index is 6.00. The molecule has 0 aliphatic carbocycles. The van der Waals surface area contributed by atoms with Crippen LogP contribution in [0, 0.1) is 6.92 Å². The fraction of sp³-hybridized carbons (Fsp3) is 0.571. The minimum atomic E-state index is 0.183. The van der Waals surface area contributed by atoms with E-state index in [-0.39, 0.29) is 12.1 Å². The Morgan fingerprint density at radius 2 is 2.00 bits per heavy atom. The summed E-state index contributed by atoms with van der Waals surface area (Å²) in [5.41, 5.74) is 7.18. The summed E-state index contributed by atoms with van der Waals surface area (Å²) in [5, 5.41) is 0. The van der Waals surface area contributed by atoms with Gasteiger partial charge in [-0.1, -0.05) is 31.5 Å². The van der Waals surface area contributed by atoms with Crippen LogP contribution in [0.4, 0.5) is 0 Å². The van der Waals surface area contributed by atoms with Gasteiger partial charge in [-0.15, -0.1) is 0 Å². The quantitative estimate of drug-likeness (QED) is 0.800. The van der Waals surface area contributed by atoms with Crippen molar-refractivity contribution < 1.29 is 4.74 Å². The van der Waals surface area contributed by atoms with Crippen LogP contribution < -0.4 is 10.5 Å². The lowest BCUT2D eigenvalue weighted by molar-refractivity contribution is 0.197. The Balaban J connectivity index is 2.45. The highest BCUT2D eigenvalue weighted by atomic mass is 16.5. The number of nitrogens with two attached hydrogens (primary N) is 1. The summed E-state index contributed by atoms with van der Waals surface area (Å²) in [7, 11) is 0. The van der Waals surface area contributed by atoms with Gasteiger partial charge in [-0.05, 0) is 38.3 Å². The first-order valence-electron chi connectivity index (χ1n) is 6.11. The van der Waals surface area contributed by atoms with Crippen LogP contribution in [0.25, 0.3) is 0 Å². The molecule has 0 aromatic heterocycles. The highest BCUT2D eigenvalue weighted by Crippen LogP contribution is 2.19. The Bertz CT molecular complexity index is 311. The summed E-state index contributed by atoms with van der Waals surface area (Å²) in [6, 6.07) is 8.35. The molecule has 2 nitrogen and oxygen atoms in total. The number of aryl methyl sites for hydroxylation is 1. The van der Waals surface area contributed by atoms with Crippen molar-refractivity contribution >= 4 is 0 Å². The van der Waals surface area contributed by atoms with Crippen LogP contribution in [0.15, 0.2) is 24.3 Å². The zero-order valence-electron chi connectivity index (χ0n) is 10.6. The maximum atomic E-state index is 6.00. The molecule has 0 heterocycles. The van der Waals surface area contributed by atoms with Crippen molar-refractivity contribution in [3.05, 3.63) is 29.8 Å². The standard InChI is InChI=1S/C14H23NO/c1-4-7-13(15)10-12(3)16-14-9-6-5-8-11(14)2/h5-6,8-9,12-13H,4,7,10,15H2,1-3H3. The van der Waals surface area contributed by atoms with Gasteiger partial charge >= 0.3 is 0 Å². The molecule has 2 atom stereocenters. The van der Waals surface area contributed by atoms with Crippen molar-refractivity contribution in [2.45, 2.75) is 52.2 Å². The Morgan fingerprint density at radius 1 is 1.31 bits per heavy atom. The molecule has 1 rings (SSSR count). The summed E-state index contributed by atoms with van der Waals surface area (Å²) in [6.07, 6.45) is 3.31. The molecule has 0 radical (unpaired) electrons. The van der Waals surface area contributed by atoms with E-state index in [0.717, 1.165) is 25.0 Å². The molecule has 2 heteroatoms. The van der Waals surface area contributed by atoms with Gasteiger partial charge in [0.2, 0.25) is 0 Å². The summed E-state index contributed by atoms with van der Waals surface area (Å²) >= 11 is 0. The molecule has 1 aromatic carbocycles. The zero-order valence-corrected chi connectivity index (χ0v) is 10.6. The summed E-state index contributed by atoms with van der Waals surface area (Å²) in [6.45, 7) is 6.31. The molecule has 0 fully saturated rings. The van der Waals surface area contributed by atoms with Crippen molar-refractivity contribution in [1.29, 1.82) is 0 Å². The van der Waals surface area contributed by atoms with Crippen molar-refractivity contribution in [2.75, 3.05) is 0 Å². The van der Waals surface area contributed by atoms with Crippen LogP contribution in [0.3, 0.4) is 0 Å². The van der Waals surface area contributed by atoms with Crippen LogP contribution in [-0.4, -0.2) is 12.1 Å².